The van der Waals surface area contributed by atoms with Gasteiger partial charge in [-0.25, -0.2) is 9.37 Å². The van der Waals surface area contributed by atoms with Crippen LogP contribution in [0.4, 0.5) is 4.39 Å². The molecule has 88 valence electrons. The van der Waals surface area contributed by atoms with E-state index in [-0.39, 0.29) is 6.61 Å². The first-order chi connectivity index (χ1) is 8.15. The van der Waals surface area contributed by atoms with Crippen molar-refractivity contribution in [3.63, 3.8) is 0 Å². The molecule has 1 aromatic carbocycles. The third-order valence-electron chi connectivity index (χ3n) is 2.09. The lowest BCUT2D eigenvalue weighted by Crippen LogP contribution is -1.99. The minimum Gasteiger partial charge on any atom is -0.473 e. The molecule has 5 heteroatoms. The minimum atomic E-state index is -0.397. The van der Waals surface area contributed by atoms with Crippen LogP contribution in [0, 0.1) is 5.82 Å². The van der Waals surface area contributed by atoms with Gasteiger partial charge in [-0.1, -0.05) is 29.3 Å². The quantitative estimate of drug-likeness (QED) is 0.838. The van der Waals surface area contributed by atoms with Crippen molar-refractivity contribution in [1.29, 1.82) is 0 Å². The summed E-state index contributed by atoms with van der Waals surface area (Å²) in [5, 5.41) is 0.880. The number of pyridine rings is 1. The Morgan fingerprint density at radius 2 is 1.88 bits per heavy atom. The van der Waals surface area contributed by atoms with E-state index in [4.69, 9.17) is 27.9 Å². The van der Waals surface area contributed by atoms with E-state index in [9.17, 15) is 4.39 Å². The Labute approximate surface area is 108 Å². The zero-order chi connectivity index (χ0) is 12.3. The first-order valence-corrected chi connectivity index (χ1v) is 5.59. The molecule has 0 aliphatic heterocycles. The molecule has 2 rings (SSSR count). The van der Waals surface area contributed by atoms with Gasteiger partial charge in [-0.2, -0.15) is 0 Å². The second kappa shape index (κ2) is 5.34. The molecule has 0 spiro atoms. The predicted molar refractivity (Wildman–Crippen MR) is 65.0 cm³/mol. The molecule has 1 heterocycles. The first kappa shape index (κ1) is 12.1. The summed E-state index contributed by atoms with van der Waals surface area (Å²) in [5.74, 6) is -0.00443. The summed E-state index contributed by atoms with van der Waals surface area (Å²) in [6, 6.07) is 7.71. The molecule has 0 saturated carbocycles. The summed E-state index contributed by atoms with van der Waals surface area (Å²) in [6.45, 7) is 0.0949. The highest BCUT2D eigenvalue weighted by Crippen LogP contribution is 2.17. The lowest BCUT2D eigenvalue weighted by Gasteiger charge is -2.06. The van der Waals surface area contributed by atoms with Gasteiger partial charge in [-0.3, -0.25) is 0 Å². The van der Waals surface area contributed by atoms with Crippen LogP contribution in [0.15, 0.2) is 36.5 Å². The Kier molecular flexibility index (Phi) is 3.82. The van der Waals surface area contributed by atoms with Crippen molar-refractivity contribution in [1.82, 2.24) is 4.98 Å². The highest BCUT2D eigenvalue weighted by Gasteiger charge is 2.04. The van der Waals surface area contributed by atoms with E-state index in [1.165, 1.54) is 12.3 Å². The van der Waals surface area contributed by atoms with Crippen molar-refractivity contribution < 1.29 is 9.13 Å². The average molecular weight is 272 g/mol. The Balaban J connectivity index is 2.04. The van der Waals surface area contributed by atoms with Crippen LogP contribution in [0.3, 0.4) is 0 Å². The van der Waals surface area contributed by atoms with E-state index < -0.39 is 5.82 Å². The van der Waals surface area contributed by atoms with Gasteiger partial charge in [-0.05, 0) is 18.2 Å². The van der Waals surface area contributed by atoms with Crippen LogP contribution in [0.5, 0.6) is 5.88 Å². The molecule has 2 nitrogen and oxygen atoms in total. The molecule has 2 aromatic rings. The molecule has 0 N–H and O–H groups in total. The van der Waals surface area contributed by atoms with Gasteiger partial charge in [-0.15, -0.1) is 0 Å². The highest BCUT2D eigenvalue weighted by atomic mass is 35.5. The predicted octanol–water partition coefficient (Wildman–Crippen LogP) is 4.11. The van der Waals surface area contributed by atoms with Crippen molar-refractivity contribution >= 4 is 23.2 Å². The van der Waals surface area contributed by atoms with Crippen molar-refractivity contribution in [2.75, 3.05) is 0 Å². The SMILES string of the molecule is Fc1cc(Cl)ccc1COc1ccc(Cl)cn1. The van der Waals surface area contributed by atoms with E-state index in [2.05, 4.69) is 4.98 Å². The van der Waals surface area contributed by atoms with Crippen LogP contribution in [0.25, 0.3) is 0 Å². The van der Waals surface area contributed by atoms with Crippen LogP contribution < -0.4 is 4.74 Å². The van der Waals surface area contributed by atoms with Gasteiger partial charge in [0.05, 0.1) is 5.02 Å². The largest absolute Gasteiger partial charge is 0.473 e. The molecule has 0 fully saturated rings. The van der Waals surface area contributed by atoms with Crippen molar-refractivity contribution in [2.24, 2.45) is 0 Å². The normalized spacial score (nSPS) is 10.3. The van der Waals surface area contributed by atoms with Gasteiger partial charge in [0, 0.05) is 22.8 Å². The Morgan fingerprint density at radius 3 is 2.53 bits per heavy atom. The summed E-state index contributed by atoms with van der Waals surface area (Å²) < 4.78 is 18.7. The van der Waals surface area contributed by atoms with E-state index in [1.807, 2.05) is 0 Å². The summed E-state index contributed by atoms with van der Waals surface area (Å²) in [7, 11) is 0. The zero-order valence-electron chi connectivity index (χ0n) is 8.66. The van der Waals surface area contributed by atoms with Gasteiger partial charge in [0.1, 0.15) is 12.4 Å². The molecule has 0 unspecified atom stereocenters. The Morgan fingerprint density at radius 1 is 1.12 bits per heavy atom. The smallest absolute Gasteiger partial charge is 0.213 e. The second-order valence-corrected chi connectivity index (χ2v) is 4.21. The number of aromatic nitrogens is 1. The van der Waals surface area contributed by atoms with Crippen molar-refractivity contribution in [3.05, 3.63) is 58.0 Å². The third kappa shape index (κ3) is 3.32. The van der Waals surface area contributed by atoms with Gasteiger partial charge in [0.25, 0.3) is 0 Å². The number of nitrogens with zero attached hydrogens (tertiary/aromatic N) is 1. The standard InChI is InChI=1S/C12H8Cl2FNO/c13-9-2-1-8(11(15)5-9)7-17-12-4-3-10(14)6-16-12/h1-6H,7H2. The Hall–Kier alpha value is -1.32. The second-order valence-electron chi connectivity index (χ2n) is 3.34. The molecule has 0 aliphatic rings. The van der Waals surface area contributed by atoms with Crippen LogP contribution in [-0.4, -0.2) is 4.98 Å². The van der Waals surface area contributed by atoms with Gasteiger partial charge in [0.15, 0.2) is 0 Å². The third-order valence-corrected chi connectivity index (χ3v) is 2.55. The molecule has 0 aliphatic carbocycles. The molecule has 0 radical (unpaired) electrons. The molecule has 0 saturated heterocycles. The number of benzene rings is 1. The molecular formula is C12H8Cl2FNO. The van der Waals surface area contributed by atoms with Gasteiger partial charge < -0.3 is 4.74 Å². The molecule has 0 atom stereocenters. The molecule has 0 bridgehead atoms. The number of hydrogen-bond donors (Lipinski definition) is 0. The minimum absolute atomic E-state index is 0.0949. The molecule has 1 aromatic heterocycles. The highest BCUT2D eigenvalue weighted by molar-refractivity contribution is 6.30. The fourth-order valence-corrected chi connectivity index (χ4v) is 1.51. The lowest BCUT2D eigenvalue weighted by atomic mass is 10.2. The van der Waals surface area contributed by atoms with Crippen LogP contribution >= 0.6 is 23.2 Å². The number of ether oxygens (including phenoxy) is 1. The van der Waals surface area contributed by atoms with Gasteiger partial charge in [0.2, 0.25) is 5.88 Å². The van der Waals surface area contributed by atoms with E-state index in [1.54, 1.807) is 24.3 Å². The molecule has 0 amide bonds. The summed E-state index contributed by atoms with van der Waals surface area (Å²) in [4.78, 5) is 3.94. The van der Waals surface area contributed by atoms with E-state index in [0.717, 1.165) is 0 Å². The van der Waals surface area contributed by atoms with E-state index >= 15 is 0 Å². The maximum atomic E-state index is 13.4. The van der Waals surface area contributed by atoms with Crippen molar-refractivity contribution in [3.8, 4) is 5.88 Å². The summed E-state index contributed by atoms with van der Waals surface area (Å²) >= 11 is 11.3. The number of hydrogen-bond acceptors (Lipinski definition) is 2. The number of rotatable bonds is 3. The van der Waals surface area contributed by atoms with Crippen LogP contribution in [0.1, 0.15) is 5.56 Å². The fraction of sp³-hybridized carbons (Fsp3) is 0.0833. The monoisotopic (exact) mass is 271 g/mol. The van der Waals surface area contributed by atoms with Crippen LogP contribution in [0.2, 0.25) is 10.0 Å². The zero-order valence-corrected chi connectivity index (χ0v) is 10.2. The van der Waals surface area contributed by atoms with Gasteiger partial charge >= 0.3 is 0 Å². The van der Waals surface area contributed by atoms with Crippen molar-refractivity contribution in [2.45, 2.75) is 6.61 Å². The first-order valence-electron chi connectivity index (χ1n) is 4.83. The summed E-state index contributed by atoms with van der Waals surface area (Å²) in [5.41, 5.74) is 0.422. The molecule has 17 heavy (non-hydrogen) atoms. The van der Waals surface area contributed by atoms with Crippen LogP contribution in [-0.2, 0) is 6.61 Å². The number of halogens is 3. The lowest BCUT2D eigenvalue weighted by molar-refractivity contribution is 0.288. The maximum absolute atomic E-state index is 13.4. The van der Waals surface area contributed by atoms with E-state index in [0.29, 0.717) is 21.5 Å². The molecular weight excluding hydrogens is 264 g/mol. The summed E-state index contributed by atoms with van der Waals surface area (Å²) in [6.07, 6.45) is 1.47. The Bertz CT molecular complexity index is 516. The fourth-order valence-electron chi connectivity index (χ4n) is 1.24. The topological polar surface area (TPSA) is 22.1 Å². The average Bonchev–Trinajstić information content (AvgIpc) is 2.30. The maximum Gasteiger partial charge on any atom is 0.213 e.